The summed E-state index contributed by atoms with van der Waals surface area (Å²) in [7, 11) is 0. The van der Waals surface area contributed by atoms with Crippen molar-refractivity contribution in [1.29, 1.82) is 0 Å². The molecule has 2 aliphatic rings. The summed E-state index contributed by atoms with van der Waals surface area (Å²) in [6, 6.07) is 54.1. The first-order chi connectivity index (χ1) is 25.0. The normalized spacial score (nSPS) is 16.7. The van der Waals surface area contributed by atoms with Crippen LogP contribution >= 0.6 is 0 Å². The van der Waals surface area contributed by atoms with Crippen LogP contribution in [0.25, 0.3) is 23.3 Å². The van der Waals surface area contributed by atoms with Gasteiger partial charge in [0.1, 0.15) is 0 Å². The lowest BCUT2D eigenvalue weighted by Crippen LogP contribution is -2.26. The van der Waals surface area contributed by atoms with Crippen molar-refractivity contribution in [2.45, 2.75) is 52.0 Å². The van der Waals surface area contributed by atoms with E-state index in [9.17, 15) is 0 Å². The zero-order chi connectivity index (χ0) is 34.7. The molecule has 1 saturated carbocycles. The Morgan fingerprint density at radius 3 is 1.71 bits per heavy atom. The Morgan fingerprint density at radius 1 is 0.549 bits per heavy atom. The topological polar surface area (TPSA) is 3.24 Å². The highest BCUT2D eigenvalue weighted by atomic mass is 15.2. The second-order valence-corrected chi connectivity index (χ2v) is 14.3. The molecule has 51 heavy (non-hydrogen) atoms. The number of benzene rings is 6. The van der Waals surface area contributed by atoms with Gasteiger partial charge in [-0.25, -0.2) is 0 Å². The van der Waals surface area contributed by atoms with E-state index < -0.39 is 0 Å². The standard InChI is InChI=1S/C50H45N/c1-35-15-24-41(25-16-35)45(40-10-5-4-6-11-40)12-7-9-38-23-32-50-48(34-38)46-13-8-14-49(46)51(50)44-30-21-39(22-31-44)33-47(42-26-17-36(2)18-27-42)43-28-19-37(3)20-29-43/h4-7,9-12,15-34,46,49H,8,13-14H2,1-3H3/b9-7+,45-12+. The van der Waals surface area contributed by atoms with Gasteiger partial charge in [0.25, 0.3) is 0 Å². The zero-order valence-corrected chi connectivity index (χ0v) is 29.9. The third-order valence-corrected chi connectivity index (χ3v) is 10.7. The van der Waals surface area contributed by atoms with E-state index >= 15 is 0 Å². The minimum atomic E-state index is 0.516. The van der Waals surface area contributed by atoms with Gasteiger partial charge in [0.15, 0.2) is 0 Å². The number of anilines is 2. The quantitative estimate of drug-likeness (QED) is 0.116. The number of aryl methyl sites for hydroxylation is 3. The van der Waals surface area contributed by atoms with Gasteiger partial charge in [-0.1, -0.05) is 163 Å². The minimum absolute atomic E-state index is 0.516. The van der Waals surface area contributed by atoms with E-state index in [1.807, 2.05) is 0 Å². The first-order valence-corrected chi connectivity index (χ1v) is 18.4. The molecule has 1 heteroatoms. The summed E-state index contributed by atoms with van der Waals surface area (Å²) in [4.78, 5) is 2.62. The molecule has 0 bridgehead atoms. The van der Waals surface area contributed by atoms with Gasteiger partial charge < -0.3 is 4.90 Å². The largest absolute Gasteiger partial charge is 0.338 e. The van der Waals surface area contributed by atoms with Gasteiger partial charge in [0.2, 0.25) is 0 Å². The summed E-state index contributed by atoms with van der Waals surface area (Å²) in [6.07, 6.45) is 12.9. The van der Waals surface area contributed by atoms with Crippen LogP contribution in [0.1, 0.15) is 80.8 Å². The van der Waals surface area contributed by atoms with Crippen molar-refractivity contribution in [1.82, 2.24) is 0 Å². The van der Waals surface area contributed by atoms with Crippen LogP contribution in [0.5, 0.6) is 0 Å². The summed E-state index contributed by atoms with van der Waals surface area (Å²) in [5, 5.41) is 0. The lowest BCUT2D eigenvalue weighted by atomic mass is 9.94. The first-order valence-electron chi connectivity index (χ1n) is 18.4. The molecule has 0 saturated heterocycles. The maximum Gasteiger partial charge on any atom is 0.0450 e. The average molecular weight is 660 g/mol. The summed E-state index contributed by atoms with van der Waals surface area (Å²) < 4.78 is 0. The van der Waals surface area contributed by atoms with Gasteiger partial charge in [-0.05, 0) is 114 Å². The molecule has 1 nitrogen and oxygen atoms in total. The number of fused-ring (bicyclic) bond motifs is 3. The van der Waals surface area contributed by atoms with Crippen molar-refractivity contribution >= 4 is 34.7 Å². The first kappa shape index (κ1) is 32.5. The van der Waals surface area contributed by atoms with Gasteiger partial charge >= 0.3 is 0 Å². The SMILES string of the molecule is Cc1ccc(C(=Cc2ccc(N3c4ccc(/C=C/C=C(\c5ccccc5)c5ccc(C)cc5)cc4C4CCCC43)cc2)c2ccc(C)cc2)cc1. The van der Waals surface area contributed by atoms with Crippen molar-refractivity contribution in [2.24, 2.45) is 0 Å². The average Bonchev–Trinajstić information content (AvgIpc) is 3.76. The lowest BCUT2D eigenvalue weighted by Gasteiger charge is -2.27. The monoisotopic (exact) mass is 659 g/mol. The predicted molar refractivity (Wildman–Crippen MR) is 218 cm³/mol. The number of nitrogens with zero attached hydrogens (tertiary/aromatic N) is 1. The molecule has 1 fully saturated rings. The van der Waals surface area contributed by atoms with Crippen LogP contribution in [0, 0.1) is 20.8 Å². The maximum atomic E-state index is 2.62. The molecule has 1 aliphatic heterocycles. The highest BCUT2D eigenvalue weighted by molar-refractivity contribution is 5.92. The zero-order valence-electron chi connectivity index (χ0n) is 29.9. The summed E-state index contributed by atoms with van der Waals surface area (Å²) in [5.74, 6) is 0.575. The fraction of sp³-hybridized carbons (Fsp3) is 0.160. The Balaban J connectivity index is 1.08. The van der Waals surface area contributed by atoms with Gasteiger partial charge in [0.05, 0.1) is 0 Å². The molecule has 6 aromatic rings. The fourth-order valence-electron chi connectivity index (χ4n) is 7.98. The summed E-state index contributed by atoms with van der Waals surface area (Å²) in [6.45, 7) is 6.43. The Labute approximate surface area is 304 Å². The number of hydrogen-bond donors (Lipinski definition) is 0. The van der Waals surface area contributed by atoms with Crippen LogP contribution in [-0.4, -0.2) is 6.04 Å². The van der Waals surface area contributed by atoms with E-state index in [2.05, 4.69) is 196 Å². The molecular weight excluding hydrogens is 615 g/mol. The molecule has 6 aromatic carbocycles. The van der Waals surface area contributed by atoms with Gasteiger partial charge in [-0.15, -0.1) is 0 Å². The Kier molecular flexibility index (Phi) is 9.12. The minimum Gasteiger partial charge on any atom is -0.338 e. The van der Waals surface area contributed by atoms with Crippen molar-refractivity contribution < 1.29 is 0 Å². The molecule has 0 N–H and O–H groups in total. The summed E-state index contributed by atoms with van der Waals surface area (Å²) in [5.41, 5.74) is 17.9. The number of rotatable bonds is 8. The van der Waals surface area contributed by atoms with Crippen LogP contribution in [0.2, 0.25) is 0 Å². The number of hydrogen-bond acceptors (Lipinski definition) is 1. The van der Waals surface area contributed by atoms with E-state index in [0.717, 1.165) is 0 Å². The highest BCUT2D eigenvalue weighted by Crippen LogP contribution is 2.52. The van der Waals surface area contributed by atoms with Gasteiger partial charge in [-0.3, -0.25) is 0 Å². The maximum absolute atomic E-state index is 2.62. The van der Waals surface area contributed by atoms with Crippen LogP contribution in [0.15, 0.2) is 158 Å². The number of allylic oxidation sites excluding steroid dienone is 2. The smallest absolute Gasteiger partial charge is 0.0450 e. The van der Waals surface area contributed by atoms with Crippen LogP contribution < -0.4 is 4.90 Å². The molecule has 1 aliphatic carbocycles. The lowest BCUT2D eigenvalue weighted by molar-refractivity contribution is 0.642. The van der Waals surface area contributed by atoms with E-state index in [0.29, 0.717) is 12.0 Å². The third kappa shape index (κ3) is 6.90. The molecule has 1 heterocycles. The van der Waals surface area contributed by atoms with Crippen LogP contribution in [0.4, 0.5) is 11.4 Å². The highest BCUT2D eigenvalue weighted by Gasteiger charge is 2.42. The third-order valence-electron chi connectivity index (χ3n) is 10.7. The van der Waals surface area contributed by atoms with Gasteiger partial charge in [0, 0.05) is 23.3 Å². The second-order valence-electron chi connectivity index (χ2n) is 14.3. The van der Waals surface area contributed by atoms with Crippen molar-refractivity contribution in [3.8, 4) is 0 Å². The van der Waals surface area contributed by atoms with E-state index in [-0.39, 0.29) is 0 Å². The molecule has 250 valence electrons. The molecule has 2 atom stereocenters. The summed E-state index contributed by atoms with van der Waals surface area (Å²) >= 11 is 0. The molecule has 0 radical (unpaired) electrons. The van der Waals surface area contributed by atoms with Crippen molar-refractivity contribution in [3.63, 3.8) is 0 Å². The Hall–Kier alpha value is -5.66. The molecule has 0 aromatic heterocycles. The molecular formula is C50H45N. The fourth-order valence-corrected chi connectivity index (χ4v) is 7.98. The van der Waals surface area contributed by atoms with E-state index in [4.69, 9.17) is 0 Å². The van der Waals surface area contributed by atoms with Gasteiger partial charge in [-0.2, -0.15) is 0 Å². The Morgan fingerprint density at radius 2 is 1.10 bits per heavy atom. The molecule has 8 rings (SSSR count). The van der Waals surface area contributed by atoms with Crippen molar-refractivity contribution in [2.75, 3.05) is 4.90 Å². The second kappa shape index (κ2) is 14.3. The Bertz CT molecular complexity index is 2170. The van der Waals surface area contributed by atoms with Crippen molar-refractivity contribution in [3.05, 3.63) is 213 Å². The van der Waals surface area contributed by atoms with Crippen LogP contribution in [-0.2, 0) is 0 Å². The van der Waals surface area contributed by atoms with E-state index in [1.165, 1.54) is 97.4 Å². The van der Waals surface area contributed by atoms with E-state index in [1.54, 1.807) is 0 Å². The molecule has 0 amide bonds. The molecule has 2 unspecified atom stereocenters. The predicted octanol–water partition coefficient (Wildman–Crippen LogP) is 13.1. The molecule has 0 spiro atoms. The van der Waals surface area contributed by atoms with Crippen LogP contribution in [0.3, 0.4) is 0 Å².